The van der Waals surface area contributed by atoms with Crippen LogP contribution < -0.4 is 10.1 Å². The lowest BCUT2D eigenvalue weighted by molar-refractivity contribution is -0.129. The van der Waals surface area contributed by atoms with Gasteiger partial charge in [-0.1, -0.05) is 35.9 Å². The van der Waals surface area contributed by atoms with Gasteiger partial charge in [-0.25, -0.2) is 0 Å². The first-order valence-corrected chi connectivity index (χ1v) is 10.0. The number of halogens is 1. The van der Waals surface area contributed by atoms with Crippen LogP contribution in [0.3, 0.4) is 0 Å². The molecule has 2 amide bonds. The van der Waals surface area contributed by atoms with Crippen LogP contribution in [-0.4, -0.2) is 29.9 Å². The number of benzene rings is 2. The molecule has 1 unspecified atom stereocenters. The number of carbonyl (C=O) groups is 2. The van der Waals surface area contributed by atoms with Gasteiger partial charge in [0, 0.05) is 24.7 Å². The predicted molar refractivity (Wildman–Crippen MR) is 115 cm³/mol. The monoisotopic (exact) mass is 412 g/mol. The van der Waals surface area contributed by atoms with Gasteiger partial charge in [-0.05, 0) is 54.3 Å². The second kappa shape index (κ2) is 9.61. The highest BCUT2D eigenvalue weighted by Gasteiger charge is 2.27. The molecule has 29 heavy (non-hydrogen) atoms. The van der Waals surface area contributed by atoms with Gasteiger partial charge in [0.2, 0.25) is 11.8 Å². The minimum absolute atomic E-state index is 0.0831. The minimum Gasteiger partial charge on any atom is -0.493 e. The minimum atomic E-state index is -0.290. The van der Waals surface area contributed by atoms with Crippen molar-refractivity contribution in [1.82, 2.24) is 10.2 Å². The van der Waals surface area contributed by atoms with E-state index >= 15 is 0 Å². The molecular weight excluding hydrogens is 388 g/mol. The third kappa shape index (κ3) is 5.39. The molecule has 1 aliphatic rings. The lowest BCUT2D eigenvalue weighted by Crippen LogP contribution is -2.35. The third-order valence-corrected chi connectivity index (χ3v) is 5.12. The Hall–Kier alpha value is -2.79. The molecule has 0 fully saturated rings. The molecule has 0 saturated carbocycles. The van der Waals surface area contributed by atoms with E-state index in [9.17, 15) is 9.59 Å². The van der Waals surface area contributed by atoms with Crippen molar-refractivity contribution >= 4 is 29.5 Å². The Morgan fingerprint density at radius 3 is 2.76 bits per heavy atom. The molecule has 5 nitrogen and oxygen atoms in total. The van der Waals surface area contributed by atoms with E-state index in [2.05, 4.69) is 5.32 Å². The van der Waals surface area contributed by atoms with Crippen LogP contribution in [0.4, 0.5) is 0 Å². The maximum Gasteiger partial charge on any atom is 0.223 e. The molecular formula is C23H25ClN2O3. The number of hydrogen-bond acceptors (Lipinski definition) is 3. The average molecular weight is 413 g/mol. The maximum atomic E-state index is 12.5. The SMILES string of the molecule is CC(=O)N1C=Cc2ccccc2C1CC(=O)NCCCOc1ccc(Cl)cc1C. The molecule has 1 aliphatic heterocycles. The number of ether oxygens (including phenoxy) is 1. The van der Waals surface area contributed by atoms with Gasteiger partial charge in [0.25, 0.3) is 0 Å². The van der Waals surface area contributed by atoms with Crippen molar-refractivity contribution < 1.29 is 14.3 Å². The highest BCUT2D eigenvalue weighted by molar-refractivity contribution is 6.30. The first-order chi connectivity index (χ1) is 14.0. The van der Waals surface area contributed by atoms with Crippen molar-refractivity contribution in [1.29, 1.82) is 0 Å². The van der Waals surface area contributed by atoms with E-state index < -0.39 is 0 Å². The number of fused-ring (bicyclic) bond motifs is 1. The van der Waals surface area contributed by atoms with E-state index in [1.807, 2.05) is 49.4 Å². The summed E-state index contributed by atoms with van der Waals surface area (Å²) in [5.74, 6) is 0.623. The van der Waals surface area contributed by atoms with Gasteiger partial charge >= 0.3 is 0 Å². The van der Waals surface area contributed by atoms with E-state index in [1.54, 1.807) is 17.2 Å². The molecule has 1 atom stereocenters. The number of aryl methyl sites for hydroxylation is 1. The number of nitrogens with zero attached hydrogens (tertiary/aromatic N) is 1. The Morgan fingerprint density at radius 2 is 2.00 bits per heavy atom. The molecule has 0 aromatic heterocycles. The molecule has 0 aliphatic carbocycles. The second-order valence-electron chi connectivity index (χ2n) is 7.05. The van der Waals surface area contributed by atoms with E-state index in [0.717, 1.165) is 22.4 Å². The summed E-state index contributed by atoms with van der Waals surface area (Å²) in [4.78, 5) is 26.1. The fourth-order valence-corrected chi connectivity index (χ4v) is 3.64. The van der Waals surface area contributed by atoms with E-state index in [1.165, 1.54) is 6.92 Å². The summed E-state index contributed by atoms with van der Waals surface area (Å²) in [6, 6.07) is 13.0. The zero-order valence-corrected chi connectivity index (χ0v) is 17.4. The summed E-state index contributed by atoms with van der Waals surface area (Å²) in [5.41, 5.74) is 3.01. The molecule has 0 bridgehead atoms. The maximum absolute atomic E-state index is 12.5. The van der Waals surface area contributed by atoms with Gasteiger partial charge < -0.3 is 15.0 Å². The lowest BCUT2D eigenvalue weighted by Gasteiger charge is -2.32. The molecule has 1 N–H and O–H groups in total. The second-order valence-corrected chi connectivity index (χ2v) is 7.49. The summed E-state index contributed by atoms with van der Waals surface area (Å²) in [7, 11) is 0. The molecule has 1 heterocycles. The van der Waals surface area contributed by atoms with E-state index in [0.29, 0.717) is 24.6 Å². The highest BCUT2D eigenvalue weighted by Crippen LogP contribution is 2.32. The number of amides is 2. The van der Waals surface area contributed by atoms with Crippen molar-refractivity contribution in [3.05, 3.63) is 70.4 Å². The van der Waals surface area contributed by atoms with Crippen LogP contribution in [0.2, 0.25) is 5.02 Å². The van der Waals surface area contributed by atoms with Gasteiger partial charge in [-0.2, -0.15) is 0 Å². The lowest BCUT2D eigenvalue weighted by atomic mass is 9.93. The number of hydrogen-bond donors (Lipinski definition) is 1. The molecule has 2 aromatic carbocycles. The summed E-state index contributed by atoms with van der Waals surface area (Å²) in [6.07, 6.45) is 4.57. The highest BCUT2D eigenvalue weighted by atomic mass is 35.5. The van der Waals surface area contributed by atoms with Gasteiger partial charge in [-0.3, -0.25) is 9.59 Å². The van der Waals surface area contributed by atoms with Gasteiger partial charge in [0.1, 0.15) is 5.75 Å². The van der Waals surface area contributed by atoms with Gasteiger partial charge in [0.05, 0.1) is 19.1 Å². The van der Waals surface area contributed by atoms with Crippen LogP contribution in [-0.2, 0) is 9.59 Å². The summed E-state index contributed by atoms with van der Waals surface area (Å²) in [5, 5.41) is 3.61. The van der Waals surface area contributed by atoms with Crippen molar-refractivity contribution in [2.45, 2.75) is 32.7 Å². The van der Waals surface area contributed by atoms with Crippen molar-refractivity contribution in [2.75, 3.05) is 13.2 Å². The van der Waals surface area contributed by atoms with Crippen LogP contribution in [0, 0.1) is 6.92 Å². The Kier molecular flexibility index (Phi) is 6.94. The van der Waals surface area contributed by atoms with Crippen LogP contribution >= 0.6 is 11.6 Å². The quantitative estimate of drug-likeness (QED) is 0.681. The summed E-state index contributed by atoms with van der Waals surface area (Å²) >= 11 is 5.95. The zero-order valence-electron chi connectivity index (χ0n) is 16.7. The molecule has 0 spiro atoms. The summed E-state index contributed by atoms with van der Waals surface area (Å²) < 4.78 is 5.75. The third-order valence-electron chi connectivity index (χ3n) is 4.89. The Balaban J connectivity index is 1.49. The zero-order chi connectivity index (χ0) is 20.8. The smallest absolute Gasteiger partial charge is 0.223 e. The predicted octanol–water partition coefficient (Wildman–Crippen LogP) is 4.50. The van der Waals surface area contributed by atoms with E-state index in [4.69, 9.17) is 16.3 Å². The van der Waals surface area contributed by atoms with Crippen molar-refractivity contribution in [3.63, 3.8) is 0 Å². The van der Waals surface area contributed by atoms with Crippen LogP contribution in [0.15, 0.2) is 48.7 Å². The number of nitrogens with one attached hydrogen (secondary N) is 1. The van der Waals surface area contributed by atoms with Gasteiger partial charge in [-0.15, -0.1) is 0 Å². The molecule has 0 radical (unpaired) electrons. The molecule has 6 heteroatoms. The number of carbonyl (C=O) groups excluding carboxylic acids is 2. The standard InChI is InChI=1S/C23H25ClN2O3/c1-16-14-19(24)8-9-22(16)29-13-5-11-25-23(28)15-21-20-7-4-3-6-18(20)10-12-26(21)17(2)27/h3-4,6-10,12,14,21H,5,11,13,15H2,1-2H3,(H,25,28). The Labute approximate surface area is 176 Å². The topological polar surface area (TPSA) is 58.6 Å². The average Bonchev–Trinajstić information content (AvgIpc) is 2.69. The first kappa shape index (κ1) is 20.9. The fraction of sp³-hybridized carbons (Fsp3) is 0.304. The fourth-order valence-electron chi connectivity index (χ4n) is 3.42. The van der Waals surface area contributed by atoms with Gasteiger partial charge in [0.15, 0.2) is 0 Å². The molecule has 2 aromatic rings. The van der Waals surface area contributed by atoms with Crippen LogP contribution in [0.5, 0.6) is 5.75 Å². The molecule has 3 rings (SSSR count). The molecule has 0 saturated heterocycles. The van der Waals surface area contributed by atoms with Crippen molar-refractivity contribution in [2.24, 2.45) is 0 Å². The first-order valence-electron chi connectivity index (χ1n) is 9.67. The van der Waals surface area contributed by atoms with Crippen LogP contribution in [0.1, 0.15) is 42.5 Å². The van der Waals surface area contributed by atoms with Crippen molar-refractivity contribution in [3.8, 4) is 5.75 Å². The molecule has 152 valence electrons. The largest absolute Gasteiger partial charge is 0.493 e. The van der Waals surface area contributed by atoms with Crippen LogP contribution in [0.25, 0.3) is 6.08 Å². The Morgan fingerprint density at radius 1 is 1.21 bits per heavy atom. The Bertz CT molecular complexity index is 926. The number of rotatable bonds is 7. The normalized spacial score (nSPS) is 15.0. The van der Waals surface area contributed by atoms with E-state index in [-0.39, 0.29) is 24.3 Å². The summed E-state index contributed by atoms with van der Waals surface area (Å²) in [6.45, 7) is 4.46.